The number of carbonyl (C=O) groups excluding carboxylic acids is 1. The van der Waals surface area contributed by atoms with Gasteiger partial charge in [-0.05, 0) is 49.2 Å². The topological polar surface area (TPSA) is 95.7 Å². The molecule has 3 aromatic rings. The predicted molar refractivity (Wildman–Crippen MR) is 109 cm³/mol. The van der Waals surface area contributed by atoms with E-state index in [0.29, 0.717) is 29.6 Å². The van der Waals surface area contributed by atoms with E-state index in [0.717, 1.165) is 30.8 Å². The number of nitrogens with one attached hydrogen (secondary N) is 1. The van der Waals surface area contributed by atoms with Crippen LogP contribution in [0.1, 0.15) is 12.8 Å². The molecule has 1 aliphatic rings. The van der Waals surface area contributed by atoms with Crippen LogP contribution in [0.4, 0.5) is 0 Å². The summed E-state index contributed by atoms with van der Waals surface area (Å²) < 4.78 is 21.8. The summed E-state index contributed by atoms with van der Waals surface area (Å²) in [6.07, 6.45) is 2.10. The highest BCUT2D eigenvalue weighted by Gasteiger charge is 2.18. The quantitative estimate of drug-likeness (QED) is 0.611. The first-order valence-corrected chi connectivity index (χ1v) is 9.81. The average molecular weight is 409 g/mol. The van der Waals surface area contributed by atoms with E-state index in [-0.39, 0.29) is 18.6 Å². The van der Waals surface area contributed by atoms with Gasteiger partial charge in [0.2, 0.25) is 5.82 Å². The molecule has 1 N–H and O–H groups in total. The van der Waals surface area contributed by atoms with Gasteiger partial charge in [0.05, 0.1) is 18.8 Å². The number of hydrogen-bond acceptors (Lipinski definition) is 7. The SMILES string of the molecule is COc1ccc(-c2noc(-c3ccccc3OCC(=O)NCC3CCCO3)n2)cc1. The van der Waals surface area contributed by atoms with Crippen LogP contribution in [0.15, 0.2) is 53.1 Å². The molecule has 0 aliphatic carbocycles. The molecule has 1 amide bonds. The van der Waals surface area contributed by atoms with Crippen LogP contribution in [0.3, 0.4) is 0 Å². The second-order valence-electron chi connectivity index (χ2n) is 6.88. The van der Waals surface area contributed by atoms with Crippen LogP contribution in [0.5, 0.6) is 11.5 Å². The third-order valence-electron chi connectivity index (χ3n) is 4.80. The smallest absolute Gasteiger partial charge is 0.262 e. The Bertz CT molecular complexity index is 980. The lowest BCUT2D eigenvalue weighted by Crippen LogP contribution is -2.35. The van der Waals surface area contributed by atoms with Gasteiger partial charge in [-0.1, -0.05) is 17.3 Å². The maximum Gasteiger partial charge on any atom is 0.262 e. The molecule has 0 spiro atoms. The molecule has 1 aromatic heterocycles. The molecule has 1 fully saturated rings. The summed E-state index contributed by atoms with van der Waals surface area (Å²) in [5.74, 6) is 1.81. The second-order valence-corrected chi connectivity index (χ2v) is 6.88. The van der Waals surface area contributed by atoms with Crippen molar-refractivity contribution < 1.29 is 23.5 Å². The van der Waals surface area contributed by atoms with Crippen LogP contribution in [0.25, 0.3) is 22.8 Å². The summed E-state index contributed by atoms with van der Waals surface area (Å²) in [6.45, 7) is 1.15. The first-order valence-electron chi connectivity index (χ1n) is 9.81. The molecular weight excluding hydrogens is 386 g/mol. The van der Waals surface area contributed by atoms with E-state index >= 15 is 0 Å². The average Bonchev–Trinajstić information content (AvgIpc) is 3.49. The molecule has 1 atom stereocenters. The fraction of sp³-hybridized carbons (Fsp3) is 0.318. The highest BCUT2D eigenvalue weighted by Crippen LogP contribution is 2.30. The minimum absolute atomic E-state index is 0.0935. The van der Waals surface area contributed by atoms with Crippen molar-refractivity contribution in [2.75, 3.05) is 26.9 Å². The Kier molecular flexibility index (Phi) is 6.24. The summed E-state index contributed by atoms with van der Waals surface area (Å²) in [6, 6.07) is 14.6. The van der Waals surface area contributed by atoms with Crippen LogP contribution in [0.2, 0.25) is 0 Å². The molecule has 2 aromatic carbocycles. The minimum atomic E-state index is -0.204. The van der Waals surface area contributed by atoms with Crippen molar-refractivity contribution in [3.05, 3.63) is 48.5 Å². The van der Waals surface area contributed by atoms with E-state index in [2.05, 4.69) is 15.5 Å². The lowest BCUT2D eigenvalue weighted by molar-refractivity contribution is -0.123. The minimum Gasteiger partial charge on any atom is -0.497 e. The number of carbonyl (C=O) groups is 1. The molecule has 8 heteroatoms. The van der Waals surface area contributed by atoms with Crippen LogP contribution in [0, 0.1) is 0 Å². The molecular formula is C22H23N3O5. The largest absolute Gasteiger partial charge is 0.497 e. The molecule has 2 heterocycles. The Labute approximate surface area is 174 Å². The Morgan fingerprint density at radius 1 is 1.20 bits per heavy atom. The first-order chi connectivity index (χ1) is 14.7. The third-order valence-corrected chi connectivity index (χ3v) is 4.80. The highest BCUT2D eigenvalue weighted by atomic mass is 16.5. The van der Waals surface area contributed by atoms with Gasteiger partial charge in [0.1, 0.15) is 11.5 Å². The van der Waals surface area contributed by atoms with E-state index in [9.17, 15) is 4.79 Å². The Hall–Kier alpha value is -3.39. The molecule has 8 nitrogen and oxygen atoms in total. The zero-order chi connectivity index (χ0) is 20.8. The molecule has 0 bridgehead atoms. The summed E-state index contributed by atoms with van der Waals surface area (Å²) in [5, 5.41) is 6.89. The number of ether oxygens (including phenoxy) is 3. The van der Waals surface area contributed by atoms with Crippen molar-refractivity contribution >= 4 is 5.91 Å². The van der Waals surface area contributed by atoms with Crippen molar-refractivity contribution in [3.63, 3.8) is 0 Å². The molecule has 156 valence electrons. The van der Waals surface area contributed by atoms with Gasteiger partial charge < -0.3 is 24.1 Å². The predicted octanol–water partition coefficient (Wildman–Crippen LogP) is 3.09. The zero-order valence-electron chi connectivity index (χ0n) is 16.7. The van der Waals surface area contributed by atoms with Crippen LogP contribution < -0.4 is 14.8 Å². The van der Waals surface area contributed by atoms with Crippen LogP contribution in [-0.4, -0.2) is 49.0 Å². The van der Waals surface area contributed by atoms with E-state index in [1.54, 1.807) is 13.2 Å². The summed E-state index contributed by atoms with van der Waals surface area (Å²) in [5.41, 5.74) is 1.43. The Morgan fingerprint density at radius 3 is 2.80 bits per heavy atom. The van der Waals surface area contributed by atoms with Crippen molar-refractivity contribution in [3.8, 4) is 34.3 Å². The number of benzene rings is 2. The lowest BCUT2D eigenvalue weighted by atomic mass is 10.2. The van der Waals surface area contributed by atoms with Crippen LogP contribution in [-0.2, 0) is 9.53 Å². The van der Waals surface area contributed by atoms with Gasteiger partial charge in [0, 0.05) is 18.7 Å². The van der Waals surface area contributed by atoms with Gasteiger partial charge in [-0.15, -0.1) is 0 Å². The van der Waals surface area contributed by atoms with Crippen LogP contribution >= 0.6 is 0 Å². The number of para-hydroxylation sites is 1. The fourth-order valence-corrected chi connectivity index (χ4v) is 3.19. The highest BCUT2D eigenvalue weighted by molar-refractivity contribution is 5.78. The first kappa shape index (κ1) is 19.9. The lowest BCUT2D eigenvalue weighted by Gasteiger charge is -2.12. The van der Waals surface area contributed by atoms with Crippen molar-refractivity contribution in [2.24, 2.45) is 0 Å². The summed E-state index contributed by atoms with van der Waals surface area (Å²) >= 11 is 0. The van der Waals surface area contributed by atoms with E-state index < -0.39 is 0 Å². The van der Waals surface area contributed by atoms with E-state index in [4.69, 9.17) is 18.7 Å². The molecule has 1 unspecified atom stereocenters. The molecule has 4 rings (SSSR count). The maximum absolute atomic E-state index is 12.1. The second kappa shape index (κ2) is 9.41. The number of hydrogen-bond donors (Lipinski definition) is 1. The Morgan fingerprint density at radius 2 is 2.03 bits per heavy atom. The maximum atomic E-state index is 12.1. The van der Waals surface area contributed by atoms with Crippen molar-refractivity contribution in [2.45, 2.75) is 18.9 Å². The monoisotopic (exact) mass is 409 g/mol. The zero-order valence-corrected chi connectivity index (χ0v) is 16.7. The van der Waals surface area contributed by atoms with Gasteiger partial charge in [0.25, 0.3) is 11.8 Å². The number of aromatic nitrogens is 2. The van der Waals surface area contributed by atoms with Crippen molar-refractivity contribution in [1.82, 2.24) is 15.5 Å². The molecule has 1 saturated heterocycles. The molecule has 0 radical (unpaired) electrons. The van der Waals surface area contributed by atoms with Crippen molar-refractivity contribution in [1.29, 1.82) is 0 Å². The molecule has 30 heavy (non-hydrogen) atoms. The summed E-state index contributed by atoms with van der Waals surface area (Å²) in [7, 11) is 1.61. The third kappa shape index (κ3) is 4.77. The van der Waals surface area contributed by atoms with E-state index in [1.165, 1.54) is 0 Å². The number of nitrogens with zero attached hydrogens (tertiary/aromatic N) is 2. The van der Waals surface area contributed by atoms with Gasteiger partial charge in [-0.25, -0.2) is 0 Å². The van der Waals surface area contributed by atoms with Gasteiger partial charge in [0.15, 0.2) is 6.61 Å². The van der Waals surface area contributed by atoms with Gasteiger partial charge in [-0.3, -0.25) is 4.79 Å². The Balaban J connectivity index is 1.41. The van der Waals surface area contributed by atoms with Gasteiger partial charge >= 0.3 is 0 Å². The molecule has 1 aliphatic heterocycles. The number of amides is 1. The summed E-state index contributed by atoms with van der Waals surface area (Å²) in [4.78, 5) is 16.6. The van der Waals surface area contributed by atoms with E-state index in [1.807, 2.05) is 42.5 Å². The fourth-order valence-electron chi connectivity index (χ4n) is 3.19. The molecule has 0 saturated carbocycles. The number of methoxy groups -OCH3 is 1. The standard InChI is InChI=1S/C22H23N3O5/c1-27-16-10-8-15(9-11-16)21-24-22(30-25-21)18-6-2-3-7-19(18)29-14-20(26)23-13-17-5-4-12-28-17/h2-3,6-11,17H,4-5,12-14H2,1H3,(H,23,26). The van der Waals surface area contributed by atoms with Gasteiger partial charge in [-0.2, -0.15) is 4.98 Å². The normalized spacial score (nSPS) is 15.7. The number of rotatable bonds is 8.